The highest BCUT2D eigenvalue weighted by Crippen LogP contribution is 2.37. The highest BCUT2D eigenvalue weighted by atomic mass is 35.5. The summed E-state index contributed by atoms with van der Waals surface area (Å²) in [6.45, 7) is 4.16. The monoisotopic (exact) mass is 340 g/mol. The average Bonchev–Trinajstić information content (AvgIpc) is 3.09. The molecule has 2 aliphatic rings. The molecule has 0 bridgehead atoms. The summed E-state index contributed by atoms with van der Waals surface area (Å²) in [7, 11) is 0. The highest BCUT2D eigenvalue weighted by Gasteiger charge is 2.42. The first-order valence-electron chi connectivity index (χ1n) is 8.07. The molecule has 3 unspecified atom stereocenters. The van der Waals surface area contributed by atoms with E-state index in [-0.39, 0.29) is 31.0 Å². The zero-order chi connectivity index (χ0) is 15.5. The molecule has 2 N–H and O–H groups in total. The molecule has 3 atom stereocenters. The van der Waals surface area contributed by atoms with Crippen molar-refractivity contribution in [2.75, 3.05) is 26.3 Å². The third-order valence-electron chi connectivity index (χ3n) is 4.77. The molecule has 1 amide bonds. The molecule has 6 heteroatoms. The van der Waals surface area contributed by atoms with Gasteiger partial charge in [0.05, 0.1) is 6.61 Å². The van der Waals surface area contributed by atoms with Crippen molar-refractivity contribution in [1.82, 2.24) is 4.90 Å². The maximum Gasteiger partial charge on any atom is 0.260 e. The van der Waals surface area contributed by atoms with Gasteiger partial charge in [-0.05, 0) is 43.7 Å². The van der Waals surface area contributed by atoms with Crippen molar-refractivity contribution >= 4 is 18.3 Å². The van der Waals surface area contributed by atoms with E-state index >= 15 is 0 Å². The Kier molecular flexibility index (Phi) is 6.13. The molecule has 5 nitrogen and oxygen atoms in total. The minimum atomic E-state index is 0. The third-order valence-corrected chi connectivity index (χ3v) is 4.77. The lowest BCUT2D eigenvalue weighted by Gasteiger charge is -2.19. The van der Waals surface area contributed by atoms with Gasteiger partial charge in [0.25, 0.3) is 5.91 Å². The normalized spacial score (nSPS) is 25.7. The molecular weight excluding hydrogens is 316 g/mol. The number of rotatable bonds is 5. The van der Waals surface area contributed by atoms with Gasteiger partial charge in [0.15, 0.2) is 18.1 Å². The molecule has 0 aromatic heterocycles. The third kappa shape index (κ3) is 3.90. The second-order valence-corrected chi connectivity index (χ2v) is 6.13. The smallest absolute Gasteiger partial charge is 0.260 e. The Morgan fingerprint density at radius 2 is 1.91 bits per heavy atom. The van der Waals surface area contributed by atoms with Gasteiger partial charge in [-0.3, -0.25) is 4.79 Å². The molecular formula is C17H25ClN2O3. The van der Waals surface area contributed by atoms with E-state index in [0.29, 0.717) is 29.9 Å². The number of ether oxygens (including phenoxy) is 2. The van der Waals surface area contributed by atoms with Gasteiger partial charge >= 0.3 is 0 Å². The van der Waals surface area contributed by atoms with Crippen LogP contribution in [-0.4, -0.2) is 43.2 Å². The van der Waals surface area contributed by atoms with Crippen molar-refractivity contribution < 1.29 is 14.3 Å². The first-order chi connectivity index (χ1) is 10.7. The number of nitrogens with zero attached hydrogens (tertiary/aromatic N) is 1. The van der Waals surface area contributed by atoms with Crippen molar-refractivity contribution in [3.8, 4) is 11.5 Å². The molecule has 1 aromatic rings. The lowest BCUT2D eigenvalue weighted by Crippen LogP contribution is -2.36. The van der Waals surface area contributed by atoms with Crippen molar-refractivity contribution in [3.63, 3.8) is 0 Å². The van der Waals surface area contributed by atoms with Gasteiger partial charge in [0.2, 0.25) is 0 Å². The number of hydrogen-bond acceptors (Lipinski definition) is 4. The maximum absolute atomic E-state index is 12.3. The molecule has 1 aromatic carbocycles. The van der Waals surface area contributed by atoms with Gasteiger partial charge in [-0.2, -0.15) is 0 Å². The Morgan fingerprint density at radius 1 is 1.22 bits per heavy atom. The molecule has 3 rings (SSSR count). The molecule has 1 heterocycles. The fraction of sp³-hybridized carbons (Fsp3) is 0.588. The summed E-state index contributed by atoms with van der Waals surface area (Å²) in [4.78, 5) is 14.2. The minimum Gasteiger partial charge on any atom is -0.490 e. The van der Waals surface area contributed by atoms with Gasteiger partial charge in [-0.1, -0.05) is 12.1 Å². The molecule has 2 fully saturated rings. The van der Waals surface area contributed by atoms with E-state index in [1.165, 1.54) is 0 Å². The van der Waals surface area contributed by atoms with Crippen LogP contribution in [0.4, 0.5) is 0 Å². The Labute approximate surface area is 143 Å². The molecule has 23 heavy (non-hydrogen) atoms. The average molecular weight is 341 g/mol. The van der Waals surface area contributed by atoms with Crippen LogP contribution >= 0.6 is 12.4 Å². The number of hydrogen-bond donors (Lipinski definition) is 1. The molecule has 1 saturated carbocycles. The van der Waals surface area contributed by atoms with Gasteiger partial charge in [-0.25, -0.2) is 0 Å². The van der Waals surface area contributed by atoms with Crippen LogP contribution in [0.2, 0.25) is 0 Å². The Bertz CT molecular complexity index is 540. The first-order valence-corrected chi connectivity index (χ1v) is 8.07. The first kappa shape index (κ1) is 17.9. The summed E-state index contributed by atoms with van der Waals surface area (Å²) in [5.41, 5.74) is 6.11. The summed E-state index contributed by atoms with van der Waals surface area (Å²) in [5.74, 6) is 2.38. The predicted molar refractivity (Wildman–Crippen MR) is 91.1 cm³/mol. The number of likely N-dealkylation sites (tertiary alicyclic amines) is 1. The number of halogens is 1. The summed E-state index contributed by atoms with van der Waals surface area (Å²) < 4.78 is 11.2. The summed E-state index contributed by atoms with van der Waals surface area (Å²) in [6.07, 6.45) is 2.24. The number of nitrogens with two attached hydrogens (primary N) is 1. The Hall–Kier alpha value is -1.46. The number of fused-ring (bicyclic) bond motifs is 1. The molecule has 1 aliphatic carbocycles. The SMILES string of the molecule is CCOc1ccccc1OCC(=O)N1CC2CCC(N)C2C1.Cl. The van der Waals surface area contributed by atoms with E-state index in [2.05, 4.69) is 0 Å². The number of para-hydroxylation sites is 2. The van der Waals surface area contributed by atoms with E-state index in [9.17, 15) is 4.79 Å². The van der Waals surface area contributed by atoms with Crippen molar-refractivity contribution in [1.29, 1.82) is 0 Å². The van der Waals surface area contributed by atoms with Gasteiger partial charge < -0.3 is 20.1 Å². The van der Waals surface area contributed by atoms with Gasteiger partial charge in [0, 0.05) is 19.1 Å². The van der Waals surface area contributed by atoms with E-state index in [1.54, 1.807) is 0 Å². The van der Waals surface area contributed by atoms with Crippen LogP contribution < -0.4 is 15.2 Å². The quantitative estimate of drug-likeness (QED) is 0.891. The van der Waals surface area contributed by atoms with Crippen LogP contribution in [0.15, 0.2) is 24.3 Å². The zero-order valence-electron chi connectivity index (χ0n) is 13.4. The van der Waals surface area contributed by atoms with Crippen LogP contribution in [0.3, 0.4) is 0 Å². The fourth-order valence-electron chi connectivity index (χ4n) is 3.59. The maximum atomic E-state index is 12.3. The van der Waals surface area contributed by atoms with E-state index in [0.717, 1.165) is 25.9 Å². The topological polar surface area (TPSA) is 64.8 Å². The van der Waals surface area contributed by atoms with Crippen LogP contribution in [0.5, 0.6) is 11.5 Å². The lowest BCUT2D eigenvalue weighted by molar-refractivity contribution is -0.132. The van der Waals surface area contributed by atoms with Gasteiger partial charge in [0.1, 0.15) is 0 Å². The van der Waals surface area contributed by atoms with Crippen LogP contribution in [0, 0.1) is 11.8 Å². The summed E-state index contributed by atoms with van der Waals surface area (Å²) in [5, 5.41) is 0. The molecule has 0 radical (unpaired) electrons. The predicted octanol–water partition coefficient (Wildman–Crippen LogP) is 2.08. The Morgan fingerprint density at radius 3 is 2.57 bits per heavy atom. The van der Waals surface area contributed by atoms with Crippen LogP contribution in [0.1, 0.15) is 19.8 Å². The largest absolute Gasteiger partial charge is 0.490 e. The van der Waals surface area contributed by atoms with E-state index < -0.39 is 0 Å². The van der Waals surface area contributed by atoms with E-state index in [1.807, 2.05) is 36.1 Å². The van der Waals surface area contributed by atoms with Crippen LogP contribution in [-0.2, 0) is 4.79 Å². The highest BCUT2D eigenvalue weighted by molar-refractivity contribution is 5.85. The number of benzene rings is 1. The Balaban J connectivity index is 0.00000192. The van der Waals surface area contributed by atoms with Crippen LogP contribution in [0.25, 0.3) is 0 Å². The molecule has 1 saturated heterocycles. The molecule has 0 spiro atoms. The number of carbonyl (C=O) groups is 1. The standard InChI is InChI=1S/C17H24N2O3.ClH/c1-2-21-15-5-3-4-6-16(15)22-11-17(20)19-9-12-7-8-14(18)13(12)10-19;/h3-6,12-14H,2,7-11,18H2,1H3;1H. The number of amides is 1. The van der Waals surface area contributed by atoms with Crippen molar-refractivity contribution in [3.05, 3.63) is 24.3 Å². The molecule has 1 aliphatic heterocycles. The fourth-order valence-corrected chi connectivity index (χ4v) is 3.59. The molecule has 128 valence electrons. The second-order valence-electron chi connectivity index (χ2n) is 6.13. The lowest BCUT2D eigenvalue weighted by atomic mass is 9.98. The second kappa shape index (κ2) is 7.88. The summed E-state index contributed by atoms with van der Waals surface area (Å²) >= 11 is 0. The summed E-state index contributed by atoms with van der Waals surface area (Å²) in [6, 6.07) is 7.70. The minimum absolute atomic E-state index is 0. The van der Waals surface area contributed by atoms with Crippen molar-refractivity contribution in [2.24, 2.45) is 17.6 Å². The van der Waals surface area contributed by atoms with Gasteiger partial charge in [-0.15, -0.1) is 12.4 Å². The zero-order valence-corrected chi connectivity index (χ0v) is 14.3. The van der Waals surface area contributed by atoms with Crippen molar-refractivity contribution in [2.45, 2.75) is 25.8 Å². The van der Waals surface area contributed by atoms with E-state index in [4.69, 9.17) is 15.2 Å². The number of carbonyl (C=O) groups excluding carboxylic acids is 1.